The lowest BCUT2D eigenvalue weighted by Crippen LogP contribution is -2.25. The van der Waals surface area contributed by atoms with Crippen molar-refractivity contribution in [1.82, 2.24) is 45.1 Å². The molecule has 5 rings (SSSR count). The molecule has 16 heteroatoms. The molecule has 47 heavy (non-hydrogen) atoms. The molecule has 1 aromatic carbocycles. The first-order valence-corrected chi connectivity index (χ1v) is 14.4. The van der Waals surface area contributed by atoms with E-state index in [0.29, 0.717) is 34.8 Å². The summed E-state index contributed by atoms with van der Waals surface area (Å²) in [6.45, 7) is 5.65. The number of aromatic nitrogens is 7. The number of imidazole rings is 1. The Balaban J connectivity index is 1.43. The second-order valence-corrected chi connectivity index (χ2v) is 12.1. The van der Waals surface area contributed by atoms with Gasteiger partial charge in [0.1, 0.15) is 0 Å². The average Bonchev–Trinajstić information content (AvgIpc) is 3.73. The number of aromatic amines is 1. The molecule has 13 nitrogen and oxygen atoms in total. The van der Waals surface area contributed by atoms with Gasteiger partial charge in [-0.3, -0.25) is 14.3 Å². The molecule has 0 saturated heterocycles. The summed E-state index contributed by atoms with van der Waals surface area (Å²) in [5, 5.41) is 13.4. The van der Waals surface area contributed by atoms with Crippen LogP contribution in [-0.4, -0.2) is 72.2 Å². The molecule has 0 fully saturated rings. The molecular formula is C31H33F3N10O3. The molecular weight excluding hydrogens is 617 g/mol. The van der Waals surface area contributed by atoms with Crippen molar-refractivity contribution in [3.8, 4) is 22.6 Å². The lowest BCUT2D eigenvalue weighted by atomic mass is 9.96. The third-order valence-electron chi connectivity index (χ3n) is 6.90. The van der Waals surface area contributed by atoms with Crippen LogP contribution in [-0.2, 0) is 30.0 Å². The first-order valence-electron chi connectivity index (χ1n) is 14.4. The van der Waals surface area contributed by atoms with Crippen molar-refractivity contribution in [3.05, 3.63) is 71.7 Å². The van der Waals surface area contributed by atoms with Gasteiger partial charge in [0.15, 0.2) is 23.0 Å². The summed E-state index contributed by atoms with van der Waals surface area (Å²) >= 11 is 0. The topological polar surface area (TPSA) is 160 Å². The Kier molecular flexibility index (Phi) is 8.98. The molecule has 0 aliphatic heterocycles. The van der Waals surface area contributed by atoms with E-state index in [1.165, 1.54) is 29.1 Å². The Morgan fingerprint density at radius 1 is 1.13 bits per heavy atom. The maximum absolute atomic E-state index is 14.3. The van der Waals surface area contributed by atoms with Gasteiger partial charge in [-0.25, -0.2) is 9.97 Å². The highest BCUT2D eigenvalue weighted by molar-refractivity contribution is 6.01. The van der Waals surface area contributed by atoms with E-state index in [1.807, 2.05) is 39.8 Å². The minimum Gasteiger partial charge on any atom is -0.344 e. The Morgan fingerprint density at radius 3 is 2.57 bits per heavy atom. The third-order valence-corrected chi connectivity index (χ3v) is 6.90. The SMILES string of the molecule is CN(C)C/C=C/C(=O)Nc1cn(C)nc1-c1nc2nccc(-c3ccc(CNC(=O)c4nc(C(C)(C)C)no4)c(C(F)(F)F)c3)c2[nH]1. The Labute approximate surface area is 267 Å². The number of H-pyrrole nitrogens is 1. The number of nitrogens with one attached hydrogen (secondary N) is 3. The van der Waals surface area contributed by atoms with E-state index in [0.717, 1.165) is 6.07 Å². The van der Waals surface area contributed by atoms with E-state index in [4.69, 9.17) is 4.52 Å². The molecule has 246 valence electrons. The standard InChI is InChI=1S/C31H33F3N10O3/c1-30(2,3)29-40-28(47-42-29)27(46)36-15-18-10-9-17(14-20(18)31(32,33)34)19-11-12-35-25-23(19)38-26(39-25)24-21(16-44(6)41-24)37-22(45)8-7-13-43(4)5/h7-12,14,16H,13,15H2,1-6H3,(H,36,46)(H,37,45)(H,35,38,39)/b8-7+. The largest absolute Gasteiger partial charge is 0.416 e. The number of hydrogen-bond acceptors (Lipinski definition) is 9. The van der Waals surface area contributed by atoms with Gasteiger partial charge in [-0.15, -0.1) is 0 Å². The Bertz CT molecular complexity index is 1970. The van der Waals surface area contributed by atoms with Crippen LogP contribution in [0.4, 0.5) is 18.9 Å². The number of amides is 2. The van der Waals surface area contributed by atoms with E-state index >= 15 is 0 Å². The predicted molar refractivity (Wildman–Crippen MR) is 167 cm³/mol. The smallest absolute Gasteiger partial charge is 0.344 e. The van der Waals surface area contributed by atoms with Crippen LogP contribution in [0.5, 0.6) is 0 Å². The molecule has 0 aliphatic carbocycles. The van der Waals surface area contributed by atoms with Gasteiger partial charge < -0.3 is 25.0 Å². The van der Waals surface area contributed by atoms with Crippen molar-refractivity contribution in [2.45, 2.75) is 38.9 Å². The maximum atomic E-state index is 14.3. The van der Waals surface area contributed by atoms with E-state index in [1.54, 1.807) is 25.4 Å². The molecule has 2 amide bonds. The van der Waals surface area contributed by atoms with Gasteiger partial charge in [0.2, 0.25) is 5.91 Å². The van der Waals surface area contributed by atoms with Crippen molar-refractivity contribution in [1.29, 1.82) is 0 Å². The molecule has 3 N–H and O–H groups in total. The van der Waals surface area contributed by atoms with Gasteiger partial charge in [0.25, 0.3) is 0 Å². The van der Waals surface area contributed by atoms with Crippen molar-refractivity contribution >= 4 is 28.7 Å². The van der Waals surface area contributed by atoms with E-state index in [2.05, 4.69) is 40.8 Å². The zero-order valence-corrected chi connectivity index (χ0v) is 26.5. The van der Waals surface area contributed by atoms with E-state index in [-0.39, 0.29) is 34.4 Å². The molecule has 0 atom stereocenters. The summed E-state index contributed by atoms with van der Waals surface area (Å²) < 4.78 is 49.4. The Hall–Kier alpha value is -5.38. The summed E-state index contributed by atoms with van der Waals surface area (Å²) in [7, 11) is 5.44. The van der Waals surface area contributed by atoms with Crippen molar-refractivity contribution in [3.63, 3.8) is 0 Å². The quantitative estimate of drug-likeness (QED) is 0.192. The van der Waals surface area contributed by atoms with Crippen LogP contribution >= 0.6 is 0 Å². The zero-order valence-electron chi connectivity index (χ0n) is 26.5. The van der Waals surface area contributed by atoms with Crippen LogP contribution in [0.3, 0.4) is 0 Å². The van der Waals surface area contributed by atoms with Crippen molar-refractivity contribution < 1.29 is 27.3 Å². The maximum Gasteiger partial charge on any atom is 0.416 e. The van der Waals surface area contributed by atoms with Gasteiger partial charge in [-0.05, 0) is 37.4 Å². The summed E-state index contributed by atoms with van der Waals surface area (Å²) in [4.78, 5) is 43.0. The minimum atomic E-state index is -4.73. The molecule has 4 aromatic heterocycles. The van der Waals surface area contributed by atoms with Crippen LogP contribution in [0.25, 0.3) is 33.8 Å². The van der Waals surface area contributed by atoms with Crippen molar-refractivity contribution in [2.24, 2.45) is 7.05 Å². The fourth-order valence-corrected chi connectivity index (χ4v) is 4.60. The fourth-order valence-electron chi connectivity index (χ4n) is 4.60. The molecule has 0 saturated carbocycles. The molecule has 4 heterocycles. The van der Waals surface area contributed by atoms with Gasteiger partial charge >= 0.3 is 18.0 Å². The van der Waals surface area contributed by atoms with Crippen LogP contribution in [0.15, 0.2) is 53.3 Å². The normalized spacial score (nSPS) is 12.4. The highest BCUT2D eigenvalue weighted by Gasteiger charge is 2.34. The molecule has 0 spiro atoms. The summed E-state index contributed by atoms with van der Waals surface area (Å²) in [5.41, 5.74) is 0.394. The van der Waals surface area contributed by atoms with Crippen LogP contribution in [0.2, 0.25) is 0 Å². The predicted octanol–water partition coefficient (Wildman–Crippen LogP) is 4.71. The molecule has 5 aromatic rings. The van der Waals surface area contributed by atoms with Gasteiger partial charge in [-0.1, -0.05) is 44.1 Å². The average molecular weight is 651 g/mol. The number of fused-ring (bicyclic) bond motifs is 1. The number of likely N-dealkylation sites (N-methyl/N-ethyl adjacent to an activating group) is 1. The van der Waals surface area contributed by atoms with Crippen LogP contribution in [0.1, 0.15) is 48.4 Å². The van der Waals surface area contributed by atoms with Crippen LogP contribution in [0, 0.1) is 0 Å². The first-order chi connectivity index (χ1) is 22.1. The number of rotatable bonds is 9. The number of alkyl halides is 3. The lowest BCUT2D eigenvalue weighted by molar-refractivity contribution is -0.138. The summed E-state index contributed by atoms with van der Waals surface area (Å²) in [6.07, 6.45) is 1.46. The lowest BCUT2D eigenvalue weighted by Gasteiger charge is -2.15. The number of benzene rings is 1. The van der Waals surface area contributed by atoms with Gasteiger partial charge in [0.05, 0.1) is 16.8 Å². The second-order valence-electron chi connectivity index (χ2n) is 12.1. The number of hydrogen-bond donors (Lipinski definition) is 3. The minimum absolute atomic E-state index is 0.158. The monoisotopic (exact) mass is 650 g/mol. The van der Waals surface area contributed by atoms with Gasteiger partial charge in [0, 0.05) is 49.6 Å². The van der Waals surface area contributed by atoms with Gasteiger partial charge in [-0.2, -0.15) is 23.3 Å². The van der Waals surface area contributed by atoms with Crippen molar-refractivity contribution in [2.75, 3.05) is 26.0 Å². The number of carbonyl (C=O) groups excluding carboxylic acids is 2. The second kappa shape index (κ2) is 12.8. The molecule has 0 unspecified atom stereocenters. The molecule has 0 radical (unpaired) electrons. The number of aryl methyl sites for hydroxylation is 1. The highest BCUT2D eigenvalue weighted by atomic mass is 19.4. The van der Waals surface area contributed by atoms with E-state index in [9.17, 15) is 22.8 Å². The number of pyridine rings is 1. The fraction of sp³-hybridized carbons (Fsp3) is 0.323. The zero-order chi connectivity index (χ0) is 34.1. The van der Waals surface area contributed by atoms with Crippen LogP contribution < -0.4 is 10.6 Å². The van der Waals surface area contributed by atoms with E-state index < -0.39 is 29.6 Å². The summed E-state index contributed by atoms with van der Waals surface area (Å²) in [5.74, 6) is -0.935. The number of carbonyl (C=O) groups is 2. The Morgan fingerprint density at radius 2 is 1.89 bits per heavy atom. The summed E-state index contributed by atoms with van der Waals surface area (Å²) in [6, 6.07) is 5.39. The molecule has 0 bridgehead atoms. The molecule has 0 aliphatic rings. The number of nitrogens with zero attached hydrogens (tertiary/aromatic N) is 7. The number of halogens is 3. The highest BCUT2D eigenvalue weighted by Crippen LogP contribution is 2.37. The number of anilines is 1. The third kappa shape index (κ3) is 7.54. The first kappa shape index (κ1) is 33.0.